The minimum Gasteiger partial charge on any atom is -0.493 e. The lowest BCUT2D eigenvalue weighted by Crippen LogP contribution is -2.01. The van der Waals surface area contributed by atoms with E-state index in [-0.39, 0.29) is 12.6 Å². The lowest BCUT2D eigenvalue weighted by Gasteiger charge is -2.06. The molecule has 18 heavy (non-hydrogen) atoms. The fourth-order valence-electron chi connectivity index (χ4n) is 1.27. The summed E-state index contributed by atoms with van der Waals surface area (Å²) in [5, 5.41) is 0. The molecule has 0 N–H and O–H groups in total. The van der Waals surface area contributed by atoms with Crippen molar-refractivity contribution in [3.05, 3.63) is 23.8 Å². The van der Waals surface area contributed by atoms with Gasteiger partial charge in [-0.15, -0.1) is 0 Å². The molecule has 0 amide bonds. The number of hydrogen-bond donors (Lipinski definition) is 0. The van der Waals surface area contributed by atoms with Crippen LogP contribution in [0.15, 0.2) is 18.2 Å². The molecular weight excluding hydrogens is 232 g/mol. The third-order valence-corrected chi connectivity index (χ3v) is 2.21. The summed E-state index contributed by atoms with van der Waals surface area (Å²) in [5.74, 6) is 6.67. The monoisotopic (exact) mass is 248 g/mol. The van der Waals surface area contributed by atoms with Crippen molar-refractivity contribution in [2.45, 2.75) is 13.3 Å². The first-order chi connectivity index (χ1) is 8.71. The van der Waals surface area contributed by atoms with Gasteiger partial charge in [0.25, 0.3) is 0 Å². The molecule has 4 nitrogen and oxygen atoms in total. The summed E-state index contributed by atoms with van der Waals surface area (Å²) in [6.45, 7) is 1.84. The molecule has 96 valence electrons. The Morgan fingerprint density at radius 3 is 2.56 bits per heavy atom. The van der Waals surface area contributed by atoms with Crippen molar-refractivity contribution in [1.29, 1.82) is 0 Å². The first kappa shape index (κ1) is 13.9. The second kappa shape index (κ2) is 7.23. The maximum absolute atomic E-state index is 10.9. The van der Waals surface area contributed by atoms with Crippen LogP contribution in [0, 0.1) is 11.8 Å². The van der Waals surface area contributed by atoms with Crippen LogP contribution in [0.5, 0.6) is 11.5 Å². The third kappa shape index (κ3) is 4.02. The molecule has 1 aromatic carbocycles. The van der Waals surface area contributed by atoms with Gasteiger partial charge in [0.15, 0.2) is 18.1 Å². The number of carbonyl (C=O) groups is 1. The van der Waals surface area contributed by atoms with Crippen molar-refractivity contribution in [1.82, 2.24) is 0 Å². The van der Waals surface area contributed by atoms with Crippen molar-refractivity contribution in [3.63, 3.8) is 0 Å². The van der Waals surface area contributed by atoms with Crippen LogP contribution in [-0.4, -0.2) is 26.8 Å². The molecule has 0 aliphatic rings. The molecule has 0 saturated heterocycles. The van der Waals surface area contributed by atoms with Crippen LogP contribution in [-0.2, 0) is 9.53 Å². The van der Waals surface area contributed by atoms with Crippen LogP contribution >= 0.6 is 0 Å². The zero-order valence-electron chi connectivity index (χ0n) is 10.8. The summed E-state index contributed by atoms with van der Waals surface area (Å²) < 4.78 is 15.1. The normalized spacial score (nSPS) is 9.06. The van der Waals surface area contributed by atoms with Crippen molar-refractivity contribution >= 4 is 5.97 Å². The summed E-state index contributed by atoms with van der Waals surface area (Å²) in [6.07, 6.45) is 0.359. The van der Waals surface area contributed by atoms with Gasteiger partial charge < -0.3 is 14.2 Å². The smallest absolute Gasteiger partial charge is 0.306 e. The Hall–Kier alpha value is -2.15. The van der Waals surface area contributed by atoms with E-state index in [4.69, 9.17) is 14.2 Å². The Morgan fingerprint density at radius 2 is 1.94 bits per heavy atom. The first-order valence-electron chi connectivity index (χ1n) is 5.57. The number of hydrogen-bond acceptors (Lipinski definition) is 4. The summed E-state index contributed by atoms with van der Waals surface area (Å²) in [4.78, 5) is 10.9. The molecule has 0 fully saturated rings. The highest BCUT2D eigenvalue weighted by atomic mass is 16.5. The van der Waals surface area contributed by atoms with Crippen molar-refractivity contribution in [2.75, 3.05) is 20.8 Å². The lowest BCUT2D eigenvalue weighted by molar-refractivity contribution is -0.141. The van der Waals surface area contributed by atoms with Crippen LogP contribution in [0.2, 0.25) is 0 Å². The fourth-order valence-corrected chi connectivity index (χ4v) is 1.27. The van der Waals surface area contributed by atoms with E-state index in [9.17, 15) is 4.79 Å². The number of rotatable bonds is 4. The quantitative estimate of drug-likeness (QED) is 0.604. The van der Waals surface area contributed by atoms with Gasteiger partial charge in [0, 0.05) is 12.0 Å². The molecule has 0 aliphatic carbocycles. The minimum absolute atomic E-state index is 0.0982. The minimum atomic E-state index is -0.253. The number of methoxy groups -OCH3 is 2. The SMILES string of the molecule is CCC(=O)OCC#Cc1ccc(OC)c(OC)c1. The van der Waals surface area contributed by atoms with Crippen LogP contribution < -0.4 is 9.47 Å². The van der Waals surface area contributed by atoms with Gasteiger partial charge in [0.1, 0.15) is 0 Å². The Labute approximate surface area is 107 Å². The van der Waals surface area contributed by atoms with Crippen LogP contribution in [0.1, 0.15) is 18.9 Å². The molecule has 4 heteroatoms. The largest absolute Gasteiger partial charge is 0.493 e. The van der Waals surface area contributed by atoms with Crippen molar-refractivity contribution < 1.29 is 19.0 Å². The Kier molecular flexibility index (Phi) is 5.59. The van der Waals surface area contributed by atoms with Crippen LogP contribution in [0.4, 0.5) is 0 Å². The topological polar surface area (TPSA) is 44.8 Å². The highest BCUT2D eigenvalue weighted by Crippen LogP contribution is 2.26. The molecule has 0 aliphatic heterocycles. The average Bonchev–Trinajstić information content (AvgIpc) is 2.42. The molecule has 0 unspecified atom stereocenters. The molecule has 0 saturated carbocycles. The summed E-state index contributed by atoms with van der Waals surface area (Å²) in [7, 11) is 3.14. The average molecular weight is 248 g/mol. The molecule has 0 heterocycles. The summed E-state index contributed by atoms with van der Waals surface area (Å²) in [5.41, 5.74) is 0.778. The highest BCUT2D eigenvalue weighted by Gasteiger charge is 2.02. The Morgan fingerprint density at radius 1 is 1.22 bits per heavy atom. The number of benzene rings is 1. The summed E-state index contributed by atoms with van der Waals surface area (Å²) >= 11 is 0. The molecular formula is C14H16O4. The van der Waals surface area contributed by atoms with Gasteiger partial charge in [-0.05, 0) is 18.2 Å². The van der Waals surface area contributed by atoms with Gasteiger partial charge in [0.2, 0.25) is 0 Å². The van der Waals surface area contributed by atoms with Gasteiger partial charge in [-0.1, -0.05) is 18.8 Å². The number of esters is 1. The predicted molar refractivity (Wildman–Crippen MR) is 67.7 cm³/mol. The Balaban J connectivity index is 2.68. The molecule has 1 rings (SSSR count). The van der Waals surface area contributed by atoms with E-state index in [0.29, 0.717) is 17.9 Å². The Bertz CT molecular complexity index is 468. The van der Waals surface area contributed by atoms with E-state index in [2.05, 4.69) is 11.8 Å². The maximum Gasteiger partial charge on any atom is 0.306 e. The van der Waals surface area contributed by atoms with E-state index in [1.165, 1.54) is 0 Å². The predicted octanol–water partition coefficient (Wildman–Crippen LogP) is 2.01. The van der Waals surface area contributed by atoms with E-state index >= 15 is 0 Å². The van der Waals surface area contributed by atoms with Crippen molar-refractivity contribution in [3.8, 4) is 23.3 Å². The van der Waals surface area contributed by atoms with Gasteiger partial charge in [0.05, 0.1) is 14.2 Å². The lowest BCUT2D eigenvalue weighted by atomic mass is 10.2. The number of ether oxygens (including phenoxy) is 3. The third-order valence-electron chi connectivity index (χ3n) is 2.21. The van der Waals surface area contributed by atoms with E-state index < -0.39 is 0 Å². The van der Waals surface area contributed by atoms with Gasteiger partial charge in [-0.2, -0.15) is 0 Å². The molecule has 0 atom stereocenters. The fraction of sp³-hybridized carbons (Fsp3) is 0.357. The zero-order valence-corrected chi connectivity index (χ0v) is 10.8. The molecule has 0 radical (unpaired) electrons. The first-order valence-corrected chi connectivity index (χ1v) is 5.57. The van der Waals surface area contributed by atoms with Crippen molar-refractivity contribution in [2.24, 2.45) is 0 Å². The van der Waals surface area contributed by atoms with Crippen LogP contribution in [0.25, 0.3) is 0 Å². The maximum atomic E-state index is 10.9. The second-order valence-electron chi connectivity index (χ2n) is 3.39. The molecule has 0 aromatic heterocycles. The van der Waals surface area contributed by atoms with E-state index in [0.717, 1.165) is 5.56 Å². The standard InChI is InChI=1S/C14H16O4/c1-4-14(15)18-9-5-6-11-7-8-12(16-2)13(10-11)17-3/h7-8,10H,4,9H2,1-3H3. The zero-order chi connectivity index (χ0) is 13.4. The van der Waals surface area contributed by atoms with Gasteiger partial charge in [-0.25, -0.2) is 0 Å². The summed E-state index contributed by atoms with van der Waals surface area (Å²) in [6, 6.07) is 5.37. The number of carbonyl (C=O) groups excluding carboxylic acids is 1. The van der Waals surface area contributed by atoms with Gasteiger partial charge >= 0.3 is 5.97 Å². The van der Waals surface area contributed by atoms with E-state index in [1.54, 1.807) is 33.3 Å². The van der Waals surface area contributed by atoms with Gasteiger partial charge in [-0.3, -0.25) is 4.79 Å². The molecule has 0 spiro atoms. The second-order valence-corrected chi connectivity index (χ2v) is 3.39. The van der Waals surface area contributed by atoms with E-state index in [1.807, 2.05) is 6.07 Å². The highest BCUT2D eigenvalue weighted by molar-refractivity contribution is 5.69. The van der Waals surface area contributed by atoms with Crippen LogP contribution in [0.3, 0.4) is 0 Å². The molecule has 1 aromatic rings. The molecule has 0 bridgehead atoms.